The Balaban J connectivity index is 2.24. The Bertz CT molecular complexity index is 737. The highest BCUT2D eigenvalue weighted by atomic mass is 79.9. The van der Waals surface area contributed by atoms with E-state index in [9.17, 15) is 8.42 Å². The predicted octanol–water partition coefficient (Wildman–Crippen LogP) is 2.68. The zero-order valence-corrected chi connectivity index (χ0v) is 13.6. The summed E-state index contributed by atoms with van der Waals surface area (Å²) in [6.45, 7) is 2.03. The summed E-state index contributed by atoms with van der Waals surface area (Å²) in [6, 6.07) is 3.23. The van der Waals surface area contributed by atoms with Crippen molar-refractivity contribution in [2.24, 2.45) is 0 Å². The molecule has 0 radical (unpaired) electrons. The highest BCUT2D eigenvalue weighted by Crippen LogP contribution is 2.22. The summed E-state index contributed by atoms with van der Waals surface area (Å²) in [5.41, 5.74) is 1.76. The first-order valence-corrected chi connectivity index (χ1v) is 8.26. The molecule has 106 valence electrons. The molecule has 20 heavy (non-hydrogen) atoms. The van der Waals surface area contributed by atoms with Gasteiger partial charge in [-0.25, -0.2) is 18.1 Å². The van der Waals surface area contributed by atoms with Gasteiger partial charge in [-0.15, -0.1) is 0 Å². The van der Waals surface area contributed by atoms with Gasteiger partial charge in [0.15, 0.2) is 0 Å². The van der Waals surface area contributed by atoms with Crippen molar-refractivity contribution in [1.82, 2.24) is 14.7 Å². The molecule has 2 aromatic rings. The van der Waals surface area contributed by atoms with Crippen LogP contribution in [-0.4, -0.2) is 18.4 Å². The van der Waals surface area contributed by atoms with Crippen LogP contribution in [0.4, 0.5) is 0 Å². The van der Waals surface area contributed by atoms with Crippen molar-refractivity contribution in [3.8, 4) is 0 Å². The number of rotatable bonds is 4. The molecule has 0 spiro atoms. The van der Waals surface area contributed by atoms with Crippen LogP contribution >= 0.6 is 27.5 Å². The Hall–Kier alpha value is -1.02. The Morgan fingerprint density at radius 3 is 2.85 bits per heavy atom. The molecule has 0 saturated heterocycles. The Morgan fingerprint density at radius 1 is 1.40 bits per heavy atom. The smallest absolute Gasteiger partial charge is 0.243 e. The summed E-state index contributed by atoms with van der Waals surface area (Å²) in [5.74, 6) is 0. The molecule has 0 fully saturated rings. The second-order valence-corrected chi connectivity index (χ2v) is 7.08. The molecule has 8 heteroatoms. The Kier molecular flexibility index (Phi) is 4.74. The normalized spacial score (nSPS) is 11.6. The lowest BCUT2D eigenvalue weighted by molar-refractivity contribution is 0.580. The van der Waals surface area contributed by atoms with Gasteiger partial charge in [-0.05, 0) is 46.1 Å². The van der Waals surface area contributed by atoms with E-state index < -0.39 is 10.0 Å². The van der Waals surface area contributed by atoms with Crippen molar-refractivity contribution < 1.29 is 8.42 Å². The minimum atomic E-state index is -3.73. The topological polar surface area (TPSA) is 72.0 Å². The molecule has 0 aliphatic carbocycles. The minimum Gasteiger partial charge on any atom is -0.264 e. The van der Waals surface area contributed by atoms with E-state index in [1.54, 1.807) is 12.4 Å². The van der Waals surface area contributed by atoms with Crippen molar-refractivity contribution in [2.75, 3.05) is 0 Å². The van der Waals surface area contributed by atoms with Crippen LogP contribution in [-0.2, 0) is 16.6 Å². The predicted molar refractivity (Wildman–Crippen MR) is 79.9 cm³/mol. The first-order valence-electron chi connectivity index (χ1n) is 5.60. The molecule has 1 N–H and O–H groups in total. The Morgan fingerprint density at radius 2 is 2.15 bits per heavy atom. The molecule has 0 amide bonds. The van der Waals surface area contributed by atoms with Crippen LogP contribution < -0.4 is 4.72 Å². The van der Waals surface area contributed by atoms with Crippen molar-refractivity contribution in [1.29, 1.82) is 0 Å². The summed E-state index contributed by atoms with van der Waals surface area (Å²) in [7, 11) is -3.73. The highest BCUT2D eigenvalue weighted by Gasteiger charge is 2.19. The number of pyridine rings is 2. The monoisotopic (exact) mass is 375 g/mol. The second-order valence-electron chi connectivity index (χ2n) is 4.07. The number of aryl methyl sites for hydroxylation is 1. The lowest BCUT2D eigenvalue weighted by atomic mass is 10.2. The molecule has 0 aliphatic heterocycles. The molecular formula is C12H11BrClN3O2S. The SMILES string of the molecule is Cc1ccncc1CNS(=O)(=O)c1cc(Br)cnc1Cl. The van der Waals surface area contributed by atoms with E-state index in [-0.39, 0.29) is 16.6 Å². The first-order chi connectivity index (χ1) is 9.40. The van der Waals surface area contributed by atoms with Crippen molar-refractivity contribution in [3.05, 3.63) is 51.5 Å². The third-order valence-corrected chi connectivity index (χ3v) is 4.92. The summed E-state index contributed by atoms with van der Waals surface area (Å²) in [6.07, 6.45) is 4.72. The average molecular weight is 377 g/mol. The fourth-order valence-electron chi connectivity index (χ4n) is 1.52. The summed E-state index contributed by atoms with van der Waals surface area (Å²) in [4.78, 5) is 7.71. The van der Waals surface area contributed by atoms with Gasteiger partial charge in [0.1, 0.15) is 10.0 Å². The maximum atomic E-state index is 12.2. The van der Waals surface area contributed by atoms with E-state index in [1.807, 2.05) is 13.0 Å². The number of aromatic nitrogens is 2. The summed E-state index contributed by atoms with van der Waals surface area (Å²) < 4.78 is 27.5. The Labute approximate surface area is 130 Å². The van der Waals surface area contributed by atoms with Crippen LogP contribution in [0.25, 0.3) is 0 Å². The van der Waals surface area contributed by atoms with Gasteiger partial charge in [0.25, 0.3) is 0 Å². The molecule has 0 saturated carbocycles. The van der Waals surface area contributed by atoms with E-state index in [2.05, 4.69) is 30.6 Å². The van der Waals surface area contributed by atoms with E-state index in [0.29, 0.717) is 4.47 Å². The molecule has 5 nitrogen and oxygen atoms in total. The van der Waals surface area contributed by atoms with Crippen molar-refractivity contribution in [2.45, 2.75) is 18.4 Å². The van der Waals surface area contributed by atoms with Gasteiger partial charge >= 0.3 is 0 Å². The summed E-state index contributed by atoms with van der Waals surface area (Å²) in [5, 5.41) is -0.0661. The van der Waals surface area contributed by atoms with Gasteiger partial charge in [-0.2, -0.15) is 0 Å². The fraction of sp³-hybridized carbons (Fsp3) is 0.167. The quantitative estimate of drug-likeness (QED) is 0.833. The van der Waals surface area contributed by atoms with E-state index >= 15 is 0 Å². The van der Waals surface area contributed by atoms with Crippen molar-refractivity contribution >= 4 is 37.6 Å². The van der Waals surface area contributed by atoms with Crippen LogP contribution in [0.1, 0.15) is 11.1 Å². The second kappa shape index (κ2) is 6.17. The molecule has 0 aliphatic rings. The number of nitrogens with zero attached hydrogens (tertiary/aromatic N) is 2. The van der Waals surface area contributed by atoms with E-state index in [0.717, 1.165) is 11.1 Å². The fourth-order valence-corrected chi connectivity index (χ4v) is 3.47. The molecule has 2 heterocycles. The first kappa shape index (κ1) is 15.4. The average Bonchev–Trinajstić information content (AvgIpc) is 2.40. The van der Waals surface area contributed by atoms with E-state index in [4.69, 9.17) is 11.6 Å². The molecule has 0 atom stereocenters. The lowest BCUT2D eigenvalue weighted by Gasteiger charge is -2.09. The van der Waals surface area contributed by atoms with Crippen LogP contribution in [0.3, 0.4) is 0 Å². The molecule has 2 rings (SSSR count). The minimum absolute atomic E-state index is 0.0601. The van der Waals surface area contributed by atoms with Gasteiger partial charge in [-0.1, -0.05) is 11.6 Å². The standard InChI is InChI=1S/C12H11BrClN3O2S/c1-8-2-3-15-5-9(8)6-17-20(18,19)11-4-10(13)7-16-12(11)14/h2-5,7,17H,6H2,1H3. The van der Waals surface area contributed by atoms with Gasteiger partial charge in [0, 0.05) is 29.6 Å². The van der Waals surface area contributed by atoms with Gasteiger partial charge in [0.2, 0.25) is 10.0 Å². The summed E-state index contributed by atoms with van der Waals surface area (Å²) >= 11 is 9.00. The van der Waals surface area contributed by atoms with Gasteiger partial charge in [-0.3, -0.25) is 4.98 Å². The van der Waals surface area contributed by atoms with E-state index in [1.165, 1.54) is 12.3 Å². The number of hydrogen-bond acceptors (Lipinski definition) is 4. The molecule has 0 bridgehead atoms. The molecule has 2 aromatic heterocycles. The molecule has 0 aromatic carbocycles. The molecular weight excluding hydrogens is 366 g/mol. The lowest BCUT2D eigenvalue weighted by Crippen LogP contribution is -2.24. The number of hydrogen-bond donors (Lipinski definition) is 1. The van der Waals surface area contributed by atoms with Gasteiger partial charge < -0.3 is 0 Å². The van der Waals surface area contributed by atoms with Crippen LogP contribution in [0.5, 0.6) is 0 Å². The number of halogens is 2. The maximum absolute atomic E-state index is 12.2. The van der Waals surface area contributed by atoms with Crippen LogP contribution in [0.15, 0.2) is 40.1 Å². The van der Waals surface area contributed by atoms with Gasteiger partial charge in [0.05, 0.1) is 0 Å². The zero-order chi connectivity index (χ0) is 14.8. The third kappa shape index (κ3) is 3.54. The largest absolute Gasteiger partial charge is 0.264 e. The molecule has 0 unspecified atom stereocenters. The van der Waals surface area contributed by atoms with Crippen LogP contribution in [0, 0.1) is 6.92 Å². The third-order valence-electron chi connectivity index (χ3n) is 2.66. The zero-order valence-electron chi connectivity index (χ0n) is 10.5. The van der Waals surface area contributed by atoms with Crippen LogP contribution in [0.2, 0.25) is 5.15 Å². The van der Waals surface area contributed by atoms with Crippen molar-refractivity contribution in [3.63, 3.8) is 0 Å². The maximum Gasteiger partial charge on any atom is 0.243 e. The number of sulfonamides is 1. The number of nitrogens with one attached hydrogen (secondary N) is 1. The highest BCUT2D eigenvalue weighted by molar-refractivity contribution is 9.10.